The first-order valence-corrected chi connectivity index (χ1v) is 9.30. The van der Waals surface area contributed by atoms with Gasteiger partial charge in [-0.05, 0) is 45.0 Å². The molecule has 1 amide bonds. The van der Waals surface area contributed by atoms with E-state index in [-0.39, 0.29) is 5.92 Å². The molecule has 0 aromatic carbocycles. The largest absolute Gasteiger partial charge is 0.459 e. The molecule has 0 N–H and O–H groups in total. The highest BCUT2D eigenvalue weighted by Crippen LogP contribution is 2.25. The zero-order chi connectivity index (χ0) is 17.9. The zero-order valence-electron chi connectivity index (χ0n) is 15.1. The second kappa shape index (κ2) is 7.63. The van der Waals surface area contributed by atoms with E-state index in [1.165, 1.54) is 0 Å². The van der Waals surface area contributed by atoms with E-state index in [0.29, 0.717) is 30.8 Å². The molecule has 2 saturated heterocycles. The molecule has 0 saturated carbocycles. The van der Waals surface area contributed by atoms with Crippen LogP contribution in [0.5, 0.6) is 0 Å². The Morgan fingerprint density at radius 2 is 2.00 bits per heavy atom. The van der Waals surface area contributed by atoms with Crippen LogP contribution in [-0.2, 0) is 16.1 Å². The number of hydrogen-bond donors (Lipinski definition) is 0. The average molecular weight is 359 g/mol. The van der Waals surface area contributed by atoms with Gasteiger partial charge in [0, 0.05) is 25.6 Å². The standard InChI is InChI=1S/C19H25N3O4/c1-14-16(20-18(26-14)17-3-2-10-25-17)13-21-6-4-15(5-7-21)19(23)22-8-11-24-12-9-22/h2-3,10,15H,4-9,11-13H2,1H3. The molecule has 0 unspecified atom stereocenters. The van der Waals surface area contributed by atoms with E-state index in [1.807, 2.05) is 24.0 Å². The van der Waals surface area contributed by atoms with Gasteiger partial charge in [0.05, 0.1) is 25.2 Å². The van der Waals surface area contributed by atoms with Crippen molar-refractivity contribution in [1.82, 2.24) is 14.8 Å². The molecule has 7 heteroatoms. The Hall–Kier alpha value is -2.12. The predicted molar refractivity (Wildman–Crippen MR) is 94.3 cm³/mol. The van der Waals surface area contributed by atoms with E-state index < -0.39 is 0 Å². The van der Waals surface area contributed by atoms with Crippen molar-refractivity contribution in [2.75, 3.05) is 39.4 Å². The monoisotopic (exact) mass is 359 g/mol. The molecule has 2 aliphatic heterocycles. The first kappa shape index (κ1) is 17.3. The van der Waals surface area contributed by atoms with Gasteiger partial charge in [-0.1, -0.05) is 0 Å². The molecule has 2 aromatic heterocycles. The lowest BCUT2D eigenvalue weighted by molar-refractivity contribution is -0.141. The van der Waals surface area contributed by atoms with Gasteiger partial charge in [-0.3, -0.25) is 9.69 Å². The molecule has 7 nitrogen and oxygen atoms in total. The van der Waals surface area contributed by atoms with Crippen molar-refractivity contribution in [3.63, 3.8) is 0 Å². The highest BCUT2D eigenvalue weighted by Gasteiger charge is 2.30. The van der Waals surface area contributed by atoms with Crippen molar-refractivity contribution in [2.24, 2.45) is 5.92 Å². The van der Waals surface area contributed by atoms with Crippen LogP contribution in [0.25, 0.3) is 11.7 Å². The Kier molecular flexibility index (Phi) is 5.08. The van der Waals surface area contributed by atoms with Crippen LogP contribution in [0.3, 0.4) is 0 Å². The topological polar surface area (TPSA) is 72.0 Å². The molecule has 140 valence electrons. The normalized spacial score (nSPS) is 19.8. The maximum Gasteiger partial charge on any atom is 0.263 e. The molecule has 0 bridgehead atoms. The lowest BCUT2D eigenvalue weighted by Crippen LogP contribution is -2.46. The molecule has 4 heterocycles. The Morgan fingerprint density at radius 1 is 1.23 bits per heavy atom. The number of carbonyl (C=O) groups excluding carboxylic acids is 1. The summed E-state index contributed by atoms with van der Waals surface area (Å²) in [6.45, 7) is 7.27. The average Bonchev–Trinajstić information content (AvgIpc) is 3.33. The van der Waals surface area contributed by atoms with Gasteiger partial charge >= 0.3 is 0 Å². The maximum atomic E-state index is 12.6. The van der Waals surface area contributed by atoms with Crippen LogP contribution >= 0.6 is 0 Å². The molecule has 0 aliphatic carbocycles. The number of rotatable bonds is 4. The lowest BCUT2D eigenvalue weighted by atomic mass is 9.95. The van der Waals surface area contributed by atoms with Crippen LogP contribution in [-0.4, -0.2) is 60.1 Å². The number of hydrogen-bond acceptors (Lipinski definition) is 6. The van der Waals surface area contributed by atoms with Crippen molar-refractivity contribution in [3.05, 3.63) is 29.9 Å². The Labute approximate surface area is 152 Å². The van der Waals surface area contributed by atoms with Gasteiger partial charge in [-0.15, -0.1) is 0 Å². The number of furan rings is 1. The number of carbonyl (C=O) groups is 1. The minimum Gasteiger partial charge on any atom is -0.459 e. The third kappa shape index (κ3) is 3.68. The minimum atomic E-state index is 0.140. The third-order valence-electron chi connectivity index (χ3n) is 5.26. The summed E-state index contributed by atoms with van der Waals surface area (Å²) in [6.07, 6.45) is 3.42. The Bertz CT molecular complexity index is 726. The van der Waals surface area contributed by atoms with Crippen molar-refractivity contribution in [3.8, 4) is 11.7 Å². The molecule has 2 fully saturated rings. The van der Waals surface area contributed by atoms with Gasteiger partial charge in [0.2, 0.25) is 5.91 Å². The van der Waals surface area contributed by atoms with Gasteiger partial charge < -0.3 is 18.5 Å². The third-order valence-corrected chi connectivity index (χ3v) is 5.26. The quantitative estimate of drug-likeness (QED) is 0.834. The van der Waals surface area contributed by atoms with Crippen LogP contribution in [0.2, 0.25) is 0 Å². The number of morpholine rings is 1. The van der Waals surface area contributed by atoms with Gasteiger partial charge in [0.15, 0.2) is 5.76 Å². The fourth-order valence-corrected chi connectivity index (χ4v) is 3.67. The fraction of sp³-hybridized carbons (Fsp3) is 0.579. The van der Waals surface area contributed by atoms with Crippen LogP contribution in [0.15, 0.2) is 27.2 Å². The molecule has 2 aromatic rings. The van der Waals surface area contributed by atoms with Gasteiger partial charge in [0.1, 0.15) is 5.76 Å². The Morgan fingerprint density at radius 3 is 2.69 bits per heavy atom. The summed E-state index contributed by atoms with van der Waals surface area (Å²) in [7, 11) is 0. The van der Waals surface area contributed by atoms with E-state index in [0.717, 1.165) is 57.0 Å². The number of nitrogens with zero attached hydrogens (tertiary/aromatic N) is 3. The molecule has 0 radical (unpaired) electrons. The Balaban J connectivity index is 1.32. The molecule has 0 spiro atoms. The van der Waals surface area contributed by atoms with Crippen molar-refractivity contribution < 1.29 is 18.4 Å². The van der Waals surface area contributed by atoms with E-state index in [2.05, 4.69) is 9.88 Å². The number of amides is 1. The number of likely N-dealkylation sites (tertiary alicyclic amines) is 1. The summed E-state index contributed by atoms with van der Waals surface area (Å²) in [4.78, 5) is 21.5. The van der Waals surface area contributed by atoms with Gasteiger partial charge in [0.25, 0.3) is 5.89 Å². The molecule has 4 rings (SSSR count). The number of aryl methyl sites for hydroxylation is 1. The van der Waals surface area contributed by atoms with E-state index >= 15 is 0 Å². The molecular formula is C19H25N3O4. The summed E-state index contributed by atoms with van der Waals surface area (Å²) in [5.41, 5.74) is 0.939. The summed E-state index contributed by atoms with van der Waals surface area (Å²) in [5.74, 6) is 2.43. The van der Waals surface area contributed by atoms with Crippen molar-refractivity contribution in [2.45, 2.75) is 26.3 Å². The second-order valence-electron chi connectivity index (χ2n) is 6.99. The maximum absolute atomic E-state index is 12.6. The van der Waals surface area contributed by atoms with Crippen LogP contribution < -0.4 is 0 Å². The summed E-state index contributed by atoms with van der Waals surface area (Å²) >= 11 is 0. The number of aromatic nitrogens is 1. The van der Waals surface area contributed by atoms with Crippen LogP contribution in [0.4, 0.5) is 0 Å². The first-order chi connectivity index (χ1) is 12.7. The molecule has 2 aliphatic rings. The summed E-state index contributed by atoms with van der Waals surface area (Å²) in [6, 6.07) is 3.67. The minimum absolute atomic E-state index is 0.140. The van der Waals surface area contributed by atoms with E-state index in [4.69, 9.17) is 13.6 Å². The van der Waals surface area contributed by atoms with Crippen LogP contribution in [0.1, 0.15) is 24.3 Å². The van der Waals surface area contributed by atoms with Crippen LogP contribution in [0, 0.1) is 12.8 Å². The number of oxazole rings is 1. The molecule has 26 heavy (non-hydrogen) atoms. The smallest absolute Gasteiger partial charge is 0.263 e. The lowest BCUT2D eigenvalue weighted by Gasteiger charge is -2.35. The molecule has 0 atom stereocenters. The zero-order valence-corrected chi connectivity index (χ0v) is 15.1. The van der Waals surface area contributed by atoms with Crippen molar-refractivity contribution in [1.29, 1.82) is 0 Å². The second-order valence-corrected chi connectivity index (χ2v) is 6.99. The number of piperidine rings is 1. The van der Waals surface area contributed by atoms with Gasteiger partial charge in [-0.25, -0.2) is 4.98 Å². The summed E-state index contributed by atoms with van der Waals surface area (Å²) in [5, 5.41) is 0. The number of ether oxygens (including phenoxy) is 1. The van der Waals surface area contributed by atoms with E-state index in [9.17, 15) is 4.79 Å². The highest BCUT2D eigenvalue weighted by atomic mass is 16.5. The molecular weight excluding hydrogens is 334 g/mol. The highest BCUT2D eigenvalue weighted by molar-refractivity contribution is 5.79. The van der Waals surface area contributed by atoms with Gasteiger partial charge in [-0.2, -0.15) is 0 Å². The van der Waals surface area contributed by atoms with E-state index in [1.54, 1.807) is 6.26 Å². The fourth-order valence-electron chi connectivity index (χ4n) is 3.67. The first-order valence-electron chi connectivity index (χ1n) is 9.30. The predicted octanol–water partition coefficient (Wildman–Crippen LogP) is 2.31. The SMILES string of the molecule is Cc1oc(-c2ccco2)nc1CN1CCC(C(=O)N2CCOCC2)CC1. The summed E-state index contributed by atoms with van der Waals surface area (Å²) < 4.78 is 16.4. The van der Waals surface area contributed by atoms with Crippen molar-refractivity contribution >= 4 is 5.91 Å².